The SMILES string of the molecule is CC(C)c1cc2c3cc4ccccc4cc3c3cc4c(cc5c6cc7ccccc7cc6c6cccc4c65)c(c1)c23. The third-order valence-corrected chi connectivity index (χ3v) is 9.81. The van der Waals surface area contributed by atoms with Gasteiger partial charge in [0.05, 0.1) is 0 Å². The maximum atomic E-state index is 2.51. The van der Waals surface area contributed by atoms with Crippen LogP contribution in [-0.2, 0) is 0 Å². The van der Waals surface area contributed by atoms with Gasteiger partial charge in [0, 0.05) is 0 Å². The van der Waals surface area contributed by atoms with Gasteiger partial charge in [0.1, 0.15) is 0 Å². The first-order chi connectivity index (χ1) is 20.1. The topological polar surface area (TPSA) is 0 Å². The molecule has 10 aromatic carbocycles. The van der Waals surface area contributed by atoms with Crippen LogP contribution >= 0.6 is 0 Å². The van der Waals surface area contributed by atoms with Crippen LogP contribution in [0.5, 0.6) is 0 Å². The molecule has 0 radical (unpaired) electrons. The van der Waals surface area contributed by atoms with E-state index < -0.39 is 0 Å². The molecule has 0 atom stereocenters. The zero-order chi connectivity index (χ0) is 27.0. The Balaban J connectivity index is 1.49. The van der Waals surface area contributed by atoms with Gasteiger partial charge in [-0.3, -0.25) is 0 Å². The normalized spacial score (nSPS) is 12.9. The molecule has 10 rings (SSSR count). The summed E-state index contributed by atoms with van der Waals surface area (Å²) in [5, 5.41) is 24.4. The lowest BCUT2D eigenvalue weighted by Crippen LogP contribution is -1.89. The van der Waals surface area contributed by atoms with Crippen molar-refractivity contribution < 1.29 is 0 Å². The Morgan fingerprint density at radius 3 is 1.10 bits per heavy atom. The zero-order valence-corrected chi connectivity index (χ0v) is 23.0. The molecule has 0 heterocycles. The van der Waals surface area contributed by atoms with E-state index >= 15 is 0 Å². The van der Waals surface area contributed by atoms with Crippen molar-refractivity contribution >= 4 is 97.0 Å². The highest BCUT2D eigenvalue weighted by Gasteiger charge is 2.21. The first-order valence-corrected chi connectivity index (χ1v) is 14.7. The van der Waals surface area contributed by atoms with Gasteiger partial charge in [0.15, 0.2) is 0 Å². The first kappa shape index (κ1) is 21.8. The molecule has 0 aromatic heterocycles. The van der Waals surface area contributed by atoms with Gasteiger partial charge in [0.2, 0.25) is 0 Å². The monoisotopic (exact) mass is 518 g/mol. The van der Waals surface area contributed by atoms with Crippen LogP contribution < -0.4 is 0 Å². The molecular weight excluding hydrogens is 492 g/mol. The van der Waals surface area contributed by atoms with Crippen molar-refractivity contribution in [2.24, 2.45) is 0 Å². The highest BCUT2D eigenvalue weighted by atomic mass is 14.2. The van der Waals surface area contributed by atoms with E-state index in [4.69, 9.17) is 0 Å². The summed E-state index contributed by atoms with van der Waals surface area (Å²) in [6.45, 7) is 4.64. The van der Waals surface area contributed by atoms with Gasteiger partial charge in [-0.1, -0.05) is 92.7 Å². The summed E-state index contributed by atoms with van der Waals surface area (Å²) in [5.74, 6) is 0.452. The summed E-state index contributed by atoms with van der Waals surface area (Å²) < 4.78 is 0. The number of rotatable bonds is 1. The minimum atomic E-state index is 0.452. The predicted octanol–water partition coefficient (Wildman–Crippen LogP) is 12.1. The maximum Gasteiger partial charge on any atom is -0.00197 e. The van der Waals surface area contributed by atoms with Crippen molar-refractivity contribution in [2.75, 3.05) is 0 Å². The van der Waals surface area contributed by atoms with Crippen molar-refractivity contribution in [2.45, 2.75) is 19.8 Å². The van der Waals surface area contributed by atoms with E-state index in [1.807, 2.05) is 0 Å². The molecule has 0 unspecified atom stereocenters. The Bertz CT molecular complexity index is 2710. The maximum absolute atomic E-state index is 2.51. The van der Waals surface area contributed by atoms with Gasteiger partial charge < -0.3 is 0 Å². The molecular formula is C41H26. The Kier molecular flexibility index (Phi) is 3.95. The van der Waals surface area contributed by atoms with Gasteiger partial charge in [-0.15, -0.1) is 0 Å². The first-order valence-electron chi connectivity index (χ1n) is 14.7. The van der Waals surface area contributed by atoms with Crippen LogP contribution in [0.2, 0.25) is 0 Å². The molecule has 0 saturated heterocycles. The summed E-state index contributed by atoms with van der Waals surface area (Å²) in [7, 11) is 0. The molecule has 0 heteroatoms. The number of hydrogen-bond acceptors (Lipinski definition) is 0. The minimum absolute atomic E-state index is 0.452. The second-order valence-electron chi connectivity index (χ2n) is 12.3. The fourth-order valence-corrected chi connectivity index (χ4v) is 7.84. The minimum Gasteiger partial charge on any atom is -0.0616 e. The molecule has 0 N–H and O–H groups in total. The van der Waals surface area contributed by atoms with Crippen LogP contribution in [0.4, 0.5) is 0 Å². The van der Waals surface area contributed by atoms with E-state index in [2.05, 4.69) is 129 Å². The van der Waals surface area contributed by atoms with Crippen molar-refractivity contribution in [3.8, 4) is 0 Å². The molecule has 0 aliphatic carbocycles. The lowest BCUT2D eigenvalue weighted by molar-refractivity contribution is 0.870. The summed E-state index contributed by atoms with van der Waals surface area (Å²) in [6.07, 6.45) is 0. The Labute approximate surface area is 237 Å². The highest BCUT2D eigenvalue weighted by Crippen LogP contribution is 2.49. The Hall–Kier alpha value is -4.94. The molecule has 41 heavy (non-hydrogen) atoms. The van der Waals surface area contributed by atoms with Gasteiger partial charge >= 0.3 is 0 Å². The molecule has 10 aromatic rings. The third-order valence-electron chi connectivity index (χ3n) is 9.81. The molecule has 0 nitrogen and oxygen atoms in total. The molecule has 0 spiro atoms. The summed E-state index contributed by atoms with van der Waals surface area (Å²) in [4.78, 5) is 0. The van der Waals surface area contributed by atoms with Crippen LogP contribution in [0, 0.1) is 0 Å². The largest absolute Gasteiger partial charge is 0.0616 e. The highest BCUT2D eigenvalue weighted by molar-refractivity contribution is 6.41. The summed E-state index contributed by atoms with van der Waals surface area (Å²) >= 11 is 0. The van der Waals surface area contributed by atoms with Crippen LogP contribution in [0.1, 0.15) is 25.3 Å². The fourth-order valence-electron chi connectivity index (χ4n) is 7.84. The number of fused-ring (bicyclic) bond motifs is 11. The standard InChI is InChI=1S/C41H26/c1-22(2)27-18-36-32-16-25-10-5-6-11-26(25)17-33(32)39-20-34-29-13-7-12-28-30-14-23-8-3-4-9-24(23)15-31(30)38(40(28)29)21-35(34)37(19-27)41(36)39/h3-22H,1-2H3. The van der Waals surface area contributed by atoms with Gasteiger partial charge in [-0.2, -0.15) is 0 Å². The van der Waals surface area contributed by atoms with E-state index in [1.54, 1.807) is 0 Å². The smallest absolute Gasteiger partial charge is 0.00197 e. The van der Waals surface area contributed by atoms with Crippen LogP contribution in [0.15, 0.2) is 115 Å². The molecule has 0 fully saturated rings. The molecule has 0 amide bonds. The van der Waals surface area contributed by atoms with Gasteiger partial charge in [-0.25, -0.2) is 0 Å². The van der Waals surface area contributed by atoms with Crippen molar-refractivity contribution in [1.29, 1.82) is 0 Å². The van der Waals surface area contributed by atoms with E-state index in [0.717, 1.165) is 0 Å². The Morgan fingerprint density at radius 1 is 0.317 bits per heavy atom. The van der Waals surface area contributed by atoms with E-state index in [9.17, 15) is 0 Å². The average molecular weight is 519 g/mol. The number of hydrogen-bond donors (Lipinski definition) is 0. The van der Waals surface area contributed by atoms with Gasteiger partial charge in [-0.05, 0) is 145 Å². The second kappa shape index (κ2) is 7.42. The average Bonchev–Trinajstić information content (AvgIpc) is 3.48. The van der Waals surface area contributed by atoms with Crippen molar-refractivity contribution in [3.63, 3.8) is 0 Å². The molecule has 190 valence electrons. The summed E-state index contributed by atoms with van der Waals surface area (Å²) in [6, 6.07) is 44.1. The van der Waals surface area contributed by atoms with E-state index in [-0.39, 0.29) is 0 Å². The van der Waals surface area contributed by atoms with Crippen LogP contribution in [0.25, 0.3) is 97.0 Å². The summed E-state index contributed by atoms with van der Waals surface area (Å²) in [5.41, 5.74) is 1.41. The second-order valence-corrected chi connectivity index (χ2v) is 12.3. The molecule has 0 aliphatic heterocycles. The molecule has 0 bridgehead atoms. The number of benzene rings is 8. The lowest BCUT2D eigenvalue weighted by atomic mass is 9.90. The van der Waals surface area contributed by atoms with Crippen LogP contribution in [-0.4, -0.2) is 0 Å². The zero-order valence-electron chi connectivity index (χ0n) is 23.0. The predicted molar refractivity (Wildman–Crippen MR) is 180 cm³/mol. The quantitative estimate of drug-likeness (QED) is 0.190. The lowest BCUT2D eigenvalue weighted by Gasteiger charge is -2.13. The molecule has 0 saturated carbocycles. The fraction of sp³-hybridized carbons (Fsp3) is 0.0732. The van der Waals surface area contributed by atoms with Crippen molar-refractivity contribution in [3.05, 3.63) is 121 Å². The van der Waals surface area contributed by atoms with Crippen molar-refractivity contribution in [1.82, 2.24) is 0 Å². The Morgan fingerprint density at radius 2 is 0.659 bits per heavy atom. The van der Waals surface area contributed by atoms with E-state index in [1.165, 1.54) is 103 Å². The molecule has 0 aliphatic rings. The van der Waals surface area contributed by atoms with Crippen LogP contribution in [0.3, 0.4) is 0 Å². The van der Waals surface area contributed by atoms with E-state index in [0.29, 0.717) is 5.92 Å². The third kappa shape index (κ3) is 2.70. The van der Waals surface area contributed by atoms with Gasteiger partial charge in [0.25, 0.3) is 0 Å².